The van der Waals surface area contributed by atoms with E-state index in [1.165, 1.54) is 0 Å². The molecule has 0 unspecified atom stereocenters. The van der Waals surface area contributed by atoms with Gasteiger partial charge >= 0.3 is 0 Å². The molecule has 0 heterocycles. The van der Waals surface area contributed by atoms with Gasteiger partial charge in [0, 0.05) is 10.4 Å². The molecule has 0 fully saturated rings. The summed E-state index contributed by atoms with van der Waals surface area (Å²) in [5, 5.41) is 9.54. The first kappa shape index (κ1) is 11.4. The summed E-state index contributed by atoms with van der Waals surface area (Å²) < 4.78 is 1.04. The minimum atomic E-state index is 0.0387. The largest absolute Gasteiger partial charge is 0.395 e. The van der Waals surface area contributed by atoms with Gasteiger partial charge in [-0.05, 0) is 17.2 Å². The van der Waals surface area contributed by atoms with E-state index >= 15 is 0 Å². The van der Waals surface area contributed by atoms with Gasteiger partial charge in [0.25, 0.3) is 0 Å². The first-order chi connectivity index (χ1) is 7.83. The number of rotatable bonds is 3. The van der Waals surface area contributed by atoms with Gasteiger partial charge in [-0.1, -0.05) is 64.5 Å². The zero-order valence-electron chi connectivity index (χ0n) is 8.81. The minimum absolute atomic E-state index is 0.0387. The van der Waals surface area contributed by atoms with E-state index < -0.39 is 0 Å². The van der Waals surface area contributed by atoms with Crippen molar-refractivity contribution in [2.24, 2.45) is 0 Å². The molecule has 0 aliphatic carbocycles. The second-order valence-corrected chi connectivity index (χ2v) is 4.52. The van der Waals surface area contributed by atoms with E-state index in [-0.39, 0.29) is 12.5 Å². The number of aliphatic hydroxyl groups excluding tert-OH is 1. The molecule has 0 aromatic heterocycles. The van der Waals surface area contributed by atoms with E-state index in [9.17, 15) is 5.11 Å². The van der Waals surface area contributed by atoms with Crippen molar-refractivity contribution >= 4 is 15.9 Å². The van der Waals surface area contributed by atoms with Gasteiger partial charge in [0.05, 0.1) is 6.61 Å². The van der Waals surface area contributed by atoms with Crippen LogP contribution in [0.25, 0.3) is 0 Å². The maximum absolute atomic E-state index is 9.54. The molecule has 0 radical (unpaired) electrons. The van der Waals surface area contributed by atoms with Crippen LogP contribution in [0.2, 0.25) is 0 Å². The van der Waals surface area contributed by atoms with Crippen molar-refractivity contribution in [3.63, 3.8) is 0 Å². The van der Waals surface area contributed by atoms with E-state index in [1.807, 2.05) is 54.6 Å². The number of hydrogen-bond acceptors (Lipinski definition) is 1. The fourth-order valence-electron chi connectivity index (χ4n) is 1.83. The molecular formula is C14H13BrO. The van der Waals surface area contributed by atoms with E-state index in [0.29, 0.717) is 0 Å². The first-order valence-electron chi connectivity index (χ1n) is 5.23. The molecule has 2 aromatic rings. The Morgan fingerprint density at radius 3 is 2.19 bits per heavy atom. The van der Waals surface area contributed by atoms with Gasteiger partial charge in [0.15, 0.2) is 0 Å². The van der Waals surface area contributed by atoms with Gasteiger partial charge < -0.3 is 5.11 Å². The number of halogens is 1. The quantitative estimate of drug-likeness (QED) is 0.909. The third-order valence-corrected chi connectivity index (χ3v) is 3.39. The summed E-state index contributed by atoms with van der Waals surface area (Å²) in [5.41, 5.74) is 2.26. The van der Waals surface area contributed by atoms with Gasteiger partial charge in [0.1, 0.15) is 0 Å². The predicted octanol–water partition coefficient (Wildman–Crippen LogP) is 3.57. The molecule has 0 saturated carbocycles. The maximum atomic E-state index is 9.54. The van der Waals surface area contributed by atoms with Crippen LogP contribution in [0.15, 0.2) is 59.1 Å². The normalized spacial score (nSPS) is 12.4. The molecule has 2 heteroatoms. The van der Waals surface area contributed by atoms with Crippen LogP contribution in [0.5, 0.6) is 0 Å². The number of aliphatic hydroxyl groups is 1. The summed E-state index contributed by atoms with van der Waals surface area (Å²) in [6, 6.07) is 18.1. The lowest BCUT2D eigenvalue weighted by Crippen LogP contribution is -2.06. The van der Waals surface area contributed by atoms with Crippen LogP contribution in [0.3, 0.4) is 0 Å². The SMILES string of the molecule is OC[C@H](c1ccccc1)c1ccccc1Br. The molecule has 1 atom stereocenters. The highest BCUT2D eigenvalue weighted by Gasteiger charge is 2.14. The predicted molar refractivity (Wildman–Crippen MR) is 69.5 cm³/mol. The summed E-state index contributed by atoms with van der Waals surface area (Å²) in [7, 11) is 0. The average molecular weight is 277 g/mol. The lowest BCUT2D eigenvalue weighted by Gasteiger charge is -2.16. The van der Waals surface area contributed by atoms with Crippen LogP contribution in [0, 0.1) is 0 Å². The fraction of sp³-hybridized carbons (Fsp3) is 0.143. The monoisotopic (exact) mass is 276 g/mol. The molecule has 16 heavy (non-hydrogen) atoms. The molecule has 0 aliphatic rings. The summed E-state index contributed by atoms with van der Waals surface area (Å²) in [6.07, 6.45) is 0. The molecular weight excluding hydrogens is 264 g/mol. The van der Waals surface area contributed by atoms with Crippen LogP contribution in [0.1, 0.15) is 17.0 Å². The van der Waals surface area contributed by atoms with E-state index in [2.05, 4.69) is 15.9 Å². The van der Waals surface area contributed by atoms with Crippen molar-refractivity contribution in [1.29, 1.82) is 0 Å². The van der Waals surface area contributed by atoms with Gasteiger partial charge in [-0.15, -0.1) is 0 Å². The molecule has 1 nitrogen and oxygen atoms in total. The van der Waals surface area contributed by atoms with E-state index in [1.54, 1.807) is 0 Å². The summed E-state index contributed by atoms with van der Waals surface area (Å²) >= 11 is 3.52. The smallest absolute Gasteiger partial charge is 0.0540 e. The van der Waals surface area contributed by atoms with Gasteiger partial charge in [0.2, 0.25) is 0 Å². The van der Waals surface area contributed by atoms with Crippen molar-refractivity contribution < 1.29 is 5.11 Å². The van der Waals surface area contributed by atoms with Crippen LogP contribution >= 0.6 is 15.9 Å². The van der Waals surface area contributed by atoms with Crippen LogP contribution < -0.4 is 0 Å². The van der Waals surface area contributed by atoms with Crippen molar-refractivity contribution in [1.82, 2.24) is 0 Å². The van der Waals surface area contributed by atoms with Crippen molar-refractivity contribution in [2.45, 2.75) is 5.92 Å². The summed E-state index contributed by atoms with van der Waals surface area (Å²) in [6.45, 7) is 0.118. The maximum Gasteiger partial charge on any atom is 0.0540 e. The fourth-order valence-corrected chi connectivity index (χ4v) is 2.39. The van der Waals surface area contributed by atoms with Crippen molar-refractivity contribution in [2.75, 3.05) is 6.61 Å². The summed E-state index contributed by atoms with van der Waals surface area (Å²) in [5.74, 6) is 0.0387. The zero-order valence-corrected chi connectivity index (χ0v) is 10.4. The molecule has 0 amide bonds. The third-order valence-electron chi connectivity index (χ3n) is 2.67. The molecule has 0 aliphatic heterocycles. The number of hydrogen-bond donors (Lipinski definition) is 1. The van der Waals surface area contributed by atoms with E-state index in [0.717, 1.165) is 15.6 Å². The van der Waals surface area contributed by atoms with Crippen LogP contribution in [0.4, 0.5) is 0 Å². The Bertz CT molecular complexity index is 453. The Hall–Kier alpha value is -1.12. The van der Waals surface area contributed by atoms with Gasteiger partial charge in [-0.25, -0.2) is 0 Å². The Labute approximate surface area is 104 Å². The Morgan fingerprint density at radius 1 is 0.938 bits per heavy atom. The molecule has 2 aromatic carbocycles. The van der Waals surface area contributed by atoms with Crippen molar-refractivity contribution in [3.8, 4) is 0 Å². The topological polar surface area (TPSA) is 20.2 Å². The zero-order chi connectivity index (χ0) is 11.4. The lowest BCUT2D eigenvalue weighted by atomic mass is 9.92. The van der Waals surface area contributed by atoms with Crippen molar-refractivity contribution in [3.05, 3.63) is 70.2 Å². The standard InChI is InChI=1S/C14H13BrO/c15-14-9-5-4-8-12(14)13(10-16)11-6-2-1-3-7-11/h1-9,13,16H,10H2/t13-/m1/s1. The second-order valence-electron chi connectivity index (χ2n) is 3.67. The van der Waals surface area contributed by atoms with Crippen LogP contribution in [-0.2, 0) is 0 Å². The molecule has 0 bridgehead atoms. The highest BCUT2D eigenvalue weighted by atomic mass is 79.9. The minimum Gasteiger partial charge on any atom is -0.395 e. The van der Waals surface area contributed by atoms with Crippen LogP contribution in [-0.4, -0.2) is 11.7 Å². The molecule has 0 spiro atoms. The summed E-state index contributed by atoms with van der Waals surface area (Å²) in [4.78, 5) is 0. The molecule has 82 valence electrons. The molecule has 2 rings (SSSR count). The molecule has 0 saturated heterocycles. The van der Waals surface area contributed by atoms with Gasteiger partial charge in [-0.3, -0.25) is 0 Å². The highest BCUT2D eigenvalue weighted by Crippen LogP contribution is 2.29. The first-order valence-corrected chi connectivity index (χ1v) is 6.02. The Balaban J connectivity index is 2.41. The third kappa shape index (κ3) is 2.34. The number of benzene rings is 2. The average Bonchev–Trinajstić information content (AvgIpc) is 2.34. The lowest BCUT2D eigenvalue weighted by molar-refractivity contribution is 0.280. The second kappa shape index (κ2) is 5.28. The Kier molecular flexibility index (Phi) is 3.75. The molecule has 1 N–H and O–H groups in total. The van der Waals surface area contributed by atoms with E-state index in [4.69, 9.17) is 0 Å². The van der Waals surface area contributed by atoms with Gasteiger partial charge in [-0.2, -0.15) is 0 Å². The highest BCUT2D eigenvalue weighted by molar-refractivity contribution is 9.10. The Morgan fingerprint density at radius 2 is 1.56 bits per heavy atom.